The van der Waals surface area contributed by atoms with Crippen molar-refractivity contribution in [2.75, 3.05) is 0 Å². The summed E-state index contributed by atoms with van der Waals surface area (Å²) in [6.07, 6.45) is 8.54. The van der Waals surface area contributed by atoms with Gasteiger partial charge in [-0.15, -0.1) is 0 Å². The van der Waals surface area contributed by atoms with Crippen molar-refractivity contribution < 1.29 is 4.79 Å². The highest BCUT2D eigenvalue weighted by Gasteiger charge is 2.05. The van der Waals surface area contributed by atoms with Crippen LogP contribution in [0.1, 0.15) is 57.6 Å². The number of ketones is 1. The van der Waals surface area contributed by atoms with Crippen LogP contribution in [0.15, 0.2) is 35.1 Å². The van der Waals surface area contributed by atoms with Gasteiger partial charge in [0.15, 0.2) is 5.43 Å². The monoisotopic (exact) mass is 313 g/mol. The molecular formula is C20H27NO2. The number of fused-ring (bicyclic) bond motifs is 1. The first-order valence-corrected chi connectivity index (χ1v) is 8.66. The standard InChI is InChI=1S/C20H27NO2/c1-16(22)11-7-5-3-4-6-8-12-17-15-20(23)18-13-9-10-14-19(18)21(17)2/h9-10,13-15H,3-8,11-12H2,1-2H3. The summed E-state index contributed by atoms with van der Waals surface area (Å²) in [6.45, 7) is 1.66. The van der Waals surface area contributed by atoms with E-state index in [1.165, 1.54) is 19.3 Å². The number of para-hydroxylation sites is 1. The molecule has 0 saturated heterocycles. The highest BCUT2D eigenvalue weighted by molar-refractivity contribution is 5.79. The lowest BCUT2D eigenvalue weighted by atomic mass is 10.1. The van der Waals surface area contributed by atoms with Gasteiger partial charge in [0, 0.05) is 30.6 Å². The number of carbonyl (C=O) groups excluding carboxylic acids is 1. The first kappa shape index (κ1) is 17.5. The van der Waals surface area contributed by atoms with Crippen LogP contribution in [0.2, 0.25) is 0 Å². The number of hydrogen-bond acceptors (Lipinski definition) is 2. The summed E-state index contributed by atoms with van der Waals surface area (Å²) in [4.78, 5) is 23.0. The Morgan fingerprint density at radius 3 is 2.39 bits per heavy atom. The Morgan fingerprint density at radius 1 is 1.00 bits per heavy atom. The van der Waals surface area contributed by atoms with Gasteiger partial charge in [0.1, 0.15) is 5.78 Å². The van der Waals surface area contributed by atoms with E-state index in [4.69, 9.17) is 0 Å². The van der Waals surface area contributed by atoms with Gasteiger partial charge in [-0.1, -0.05) is 37.8 Å². The average molecular weight is 313 g/mol. The summed E-state index contributed by atoms with van der Waals surface area (Å²) < 4.78 is 2.14. The maximum absolute atomic E-state index is 12.2. The zero-order valence-corrected chi connectivity index (χ0v) is 14.3. The molecule has 0 fully saturated rings. The Bertz CT molecular complexity index is 715. The molecule has 2 aromatic rings. The van der Waals surface area contributed by atoms with E-state index < -0.39 is 0 Å². The average Bonchev–Trinajstić information content (AvgIpc) is 2.54. The summed E-state index contributed by atoms with van der Waals surface area (Å²) in [5.74, 6) is 0.294. The predicted octanol–water partition coefficient (Wildman–Crippen LogP) is 4.40. The summed E-state index contributed by atoms with van der Waals surface area (Å²) >= 11 is 0. The minimum absolute atomic E-state index is 0.123. The van der Waals surface area contributed by atoms with E-state index in [0.717, 1.165) is 48.7 Å². The van der Waals surface area contributed by atoms with Gasteiger partial charge in [0.2, 0.25) is 0 Å². The van der Waals surface area contributed by atoms with Gasteiger partial charge < -0.3 is 9.36 Å². The van der Waals surface area contributed by atoms with Crippen molar-refractivity contribution in [1.82, 2.24) is 4.57 Å². The van der Waals surface area contributed by atoms with Gasteiger partial charge in [0.25, 0.3) is 0 Å². The van der Waals surface area contributed by atoms with Crippen LogP contribution in [0.25, 0.3) is 10.9 Å². The zero-order chi connectivity index (χ0) is 16.7. The van der Waals surface area contributed by atoms with Crippen molar-refractivity contribution in [2.24, 2.45) is 7.05 Å². The quantitative estimate of drug-likeness (QED) is 0.644. The molecule has 3 nitrogen and oxygen atoms in total. The molecule has 0 spiro atoms. The van der Waals surface area contributed by atoms with Crippen molar-refractivity contribution in [3.63, 3.8) is 0 Å². The minimum Gasteiger partial charge on any atom is -0.347 e. The number of unbranched alkanes of at least 4 members (excludes halogenated alkanes) is 5. The second-order valence-corrected chi connectivity index (χ2v) is 6.40. The molecule has 23 heavy (non-hydrogen) atoms. The summed E-state index contributed by atoms with van der Waals surface area (Å²) in [6, 6.07) is 9.58. The number of aryl methyl sites for hydroxylation is 2. The summed E-state index contributed by atoms with van der Waals surface area (Å²) in [5, 5.41) is 0.796. The lowest BCUT2D eigenvalue weighted by molar-refractivity contribution is -0.117. The maximum Gasteiger partial charge on any atom is 0.189 e. The Kier molecular flexibility index (Phi) is 6.57. The molecule has 0 bridgehead atoms. The highest BCUT2D eigenvalue weighted by Crippen LogP contribution is 2.14. The molecule has 0 unspecified atom stereocenters. The van der Waals surface area contributed by atoms with Crippen molar-refractivity contribution >= 4 is 16.7 Å². The van der Waals surface area contributed by atoms with Gasteiger partial charge in [0.05, 0.1) is 5.52 Å². The normalized spacial score (nSPS) is 11.0. The fourth-order valence-electron chi connectivity index (χ4n) is 3.08. The lowest BCUT2D eigenvalue weighted by Gasteiger charge is -2.12. The fraction of sp³-hybridized carbons (Fsp3) is 0.500. The van der Waals surface area contributed by atoms with Gasteiger partial charge in [-0.2, -0.15) is 0 Å². The third-order valence-electron chi connectivity index (χ3n) is 4.47. The number of Topliss-reactive ketones (excluding diaryl/α,β-unsaturated/α-hetero) is 1. The zero-order valence-electron chi connectivity index (χ0n) is 14.3. The van der Waals surface area contributed by atoms with Crippen LogP contribution in [0.4, 0.5) is 0 Å². The van der Waals surface area contributed by atoms with E-state index >= 15 is 0 Å². The summed E-state index contributed by atoms with van der Waals surface area (Å²) in [5.41, 5.74) is 2.25. The topological polar surface area (TPSA) is 39.1 Å². The largest absolute Gasteiger partial charge is 0.347 e. The van der Waals surface area contributed by atoms with Crippen LogP contribution < -0.4 is 5.43 Å². The fourth-order valence-corrected chi connectivity index (χ4v) is 3.08. The van der Waals surface area contributed by atoms with E-state index in [1.54, 1.807) is 13.0 Å². The molecule has 0 amide bonds. The van der Waals surface area contributed by atoms with Crippen LogP contribution in [0.3, 0.4) is 0 Å². The Hall–Kier alpha value is -1.90. The van der Waals surface area contributed by atoms with Crippen molar-refractivity contribution in [3.8, 4) is 0 Å². The number of rotatable bonds is 9. The van der Waals surface area contributed by atoms with E-state index in [9.17, 15) is 9.59 Å². The second-order valence-electron chi connectivity index (χ2n) is 6.40. The first-order valence-electron chi connectivity index (χ1n) is 8.66. The van der Waals surface area contributed by atoms with Gasteiger partial charge in [-0.3, -0.25) is 4.79 Å². The van der Waals surface area contributed by atoms with Crippen LogP contribution >= 0.6 is 0 Å². The number of aromatic nitrogens is 1. The molecule has 0 radical (unpaired) electrons. The molecule has 1 aromatic carbocycles. The molecule has 0 aliphatic carbocycles. The molecule has 0 aliphatic rings. The number of pyridine rings is 1. The Morgan fingerprint density at radius 2 is 1.65 bits per heavy atom. The SMILES string of the molecule is CC(=O)CCCCCCCCc1cc(=O)c2ccccc2n1C. The number of nitrogens with zero attached hydrogens (tertiary/aromatic N) is 1. The molecule has 0 atom stereocenters. The van der Waals surface area contributed by atoms with Crippen molar-refractivity contribution in [2.45, 2.75) is 58.3 Å². The molecular weight excluding hydrogens is 286 g/mol. The molecule has 3 heteroatoms. The van der Waals surface area contributed by atoms with Crippen molar-refractivity contribution in [3.05, 3.63) is 46.2 Å². The lowest BCUT2D eigenvalue weighted by Crippen LogP contribution is -2.11. The molecule has 0 saturated carbocycles. The van der Waals surface area contributed by atoms with Gasteiger partial charge in [-0.25, -0.2) is 0 Å². The molecule has 1 aromatic heterocycles. The molecule has 0 N–H and O–H groups in total. The third kappa shape index (κ3) is 5.05. The minimum atomic E-state index is 0.123. The Balaban J connectivity index is 1.80. The van der Waals surface area contributed by atoms with Crippen LogP contribution in [-0.4, -0.2) is 10.4 Å². The second kappa shape index (κ2) is 8.66. The van der Waals surface area contributed by atoms with Crippen LogP contribution in [0, 0.1) is 0 Å². The van der Waals surface area contributed by atoms with E-state index in [1.807, 2.05) is 31.3 Å². The molecule has 2 rings (SSSR count). The van der Waals surface area contributed by atoms with Crippen molar-refractivity contribution in [1.29, 1.82) is 0 Å². The van der Waals surface area contributed by atoms with Gasteiger partial charge >= 0.3 is 0 Å². The number of hydrogen-bond donors (Lipinski definition) is 0. The molecule has 1 heterocycles. The smallest absolute Gasteiger partial charge is 0.189 e. The molecule has 124 valence electrons. The van der Waals surface area contributed by atoms with Crippen LogP contribution in [-0.2, 0) is 18.3 Å². The Labute approximate surface area is 138 Å². The number of benzene rings is 1. The first-order chi connectivity index (χ1) is 11.1. The van der Waals surface area contributed by atoms with Crippen LogP contribution in [0.5, 0.6) is 0 Å². The highest BCUT2D eigenvalue weighted by atomic mass is 16.1. The summed E-state index contributed by atoms with van der Waals surface area (Å²) in [7, 11) is 2.04. The maximum atomic E-state index is 12.2. The van der Waals surface area contributed by atoms with E-state index in [2.05, 4.69) is 4.57 Å². The third-order valence-corrected chi connectivity index (χ3v) is 4.47. The molecule has 0 aliphatic heterocycles. The number of carbonyl (C=O) groups is 1. The predicted molar refractivity (Wildman–Crippen MR) is 95.9 cm³/mol. The van der Waals surface area contributed by atoms with E-state index in [-0.39, 0.29) is 5.43 Å². The van der Waals surface area contributed by atoms with E-state index in [0.29, 0.717) is 5.78 Å². The van der Waals surface area contributed by atoms with Gasteiger partial charge in [-0.05, 0) is 38.3 Å².